The lowest BCUT2D eigenvalue weighted by Gasteiger charge is -2.11. The fourth-order valence-corrected chi connectivity index (χ4v) is 1.87. The number of halogens is 1. The monoisotopic (exact) mass is 436 g/mol. The van der Waals surface area contributed by atoms with Gasteiger partial charge in [-0.25, -0.2) is 0 Å². The van der Waals surface area contributed by atoms with Gasteiger partial charge in [-0.1, -0.05) is 12.1 Å². The van der Waals surface area contributed by atoms with Crippen LogP contribution in [0, 0.1) is 10.1 Å². The van der Waals surface area contributed by atoms with Gasteiger partial charge in [0.2, 0.25) is 0 Å². The predicted molar refractivity (Wildman–Crippen MR) is 102 cm³/mol. The molecule has 0 fully saturated rings. The van der Waals surface area contributed by atoms with Crippen LogP contribution in [0.3, 0.4) is 0 Å². The maximum Gasteiger partial charge on any atom is 0.269 e. The van der Waals surface area contributed by atoms with Gasteiger partial charge < -0.3 is 15.4 Å². The van der Waals surface area contributed by atoms with Crippen LogP contribution < -0.4 is 10.6 Å². The number of nitrogens with zero attached hydrogens (tertiary/aromatic N) is 2. The highest BCUT2D eigenvalue weighted by molar-refractivity contribution is 14.0. The molecule has 0 bridgehead atoms. The summed E-state index contributed by atoms with van der Waals surface area (Å²) in [6.07, 6.45) is 2.00. The van der Waals surface area contributed by atoms with E-state index in [0.717, 1.165) is 38.2 Å². The van der Waals surface area contributed by atoms with Gasteiger partial charge in [-0.2, -0.15) is 0 Å². The minimum Gasteiger partial charge on any atom is -0.382 e. The van der Waals surface area contributed by atoms with Gasteiger partial charge >= 0.3 is 0 Å². The van der Waals surface area contributed by atoms with Crippen LogP contribution in [-0.4, -0.2) is 37.7 Å². The molecule has 1 aromatic rings. The van der Waals surface area contributed by atoms with Crippen LogP contribution in [-0.2, 0) is 11.3 Å². The fraction of sp³-hybridized carbons (Fsp3) is 0.533. The second-order valence-corrected chi connectivity index (χ2v) is 4.68. The molecule has 0 aromatic heterocycles. The first-order chi connectivity index (χ1) is 10.7. The molecule has 0 heterocycles. The molecule has 0 aliphatic rings. The lowest BCUT2D eigenvalue weighted by Crippen LogP contribution is -2.37. The number of nitrogens with one attached hydrogen (secondary N) is 2. The number of nitro groups is 1. The highest BCUT2D eigenvalue weighted by Gasteiger charge is 2.05. The van der Waals surface area contributed by atoms with Crippen molar-refractivity contribution in [3.63, 3.8) is 0 Å². The van der Waals surface area contributed by atoms with Crippen LogP contribution in [0.1, 0.15) is 25.3 Å². The minimum absolute atomic E-state index is 0. The Balaban J connectivity index is 0.00000484. The third-order valence-electron chi connectivity index (χ3n) is 3.02. The number of benzene rings is 1. The zero-order chi connectivity index (χ0) is 16.2. The zero-order valence-corrected chi connectivity index (χ0v) is 15.9. The molecule has 8 heteroatoms. The van der Waals surface area contributed by atoms with Gasteiger partial charge in [0.25, 0.3) is 5.69 Å². The van der Waals surface area contributed by atoms with Crippen LogP contribution >= 0.6 is 24.0 Å². The second kappa shape index (κ2) is 13.1. The molecule has 0 radical (unpaired) electrons. The maximum absolute atomic E-state index is 10.7. The highest BCUT2D eigenvalue weighted by Crippen LogP contribution is 2.12. The van der Waals surface area contributed by atoms with Gasteiger partial charge in [-0.3, -0.25) is 15.1 Å². The van der Waals surface area contributed by atoms with E-state index in [4.69, 9.17) is 4.74 Å². The summed E-state index contributed by atoms with van der Waals surface area (Å²) in [5.74, 6) is 0.683. The molecule has 0 atom stereocenters. The summed E-state index contributed by atoms with van der Waals surface area (Å²) < 4.78 is 5.27. The first kappa shape index (κ1) is 21.6. The molecular weight excluding hydrogens is 411 g/mol. The SMILES string of the molecule is CCOCCCCNC(=NC)NCc1cccc([N+](=O)[O-])c1.I. The molecule has 2 N–H and O–H groups in total. The molecule has 0 amide bonds. The highest BCUT2D eigenvalue weighted by atomic mass is 127. The van der Waals surface area contributed by atoms with Gasteiger partial charge in [-0.15, -0.1) is 24.0 Å². The average Bonchev–Trinajstić information content (AvgIpc) is 2.53. The summed E-state index contributed by atoms with van der Waals surface area (Å²) >= 11 is 0. The molecule has 23 heavy (non-hydrogen) atoms. The first-order valence-corrected chi connectivity index (χ1v) is 7.43. The molecule has 1 aromatic carbocycles. The van der Waals surface area contributed by atoms with Crippen molar-refractivity contribution >= 4 is 35.6 Å². The zero-order valence-electron chi connectivity index (χ0n) is 13.6. The Hall–Kier alpha value is -1.42. The van der Waals surface area contributed by atoms with Crippen molar-refractivity contribution in [1.82, 2.24) is 10.6 Å². The fourth-order valence-electron chi connectivity index (χ4n) is 1.87. The van der Waals surface area contributed by atoms with Gasteiger partial charge in [0, 0.05) is 45.5 Å². The summed E-state index contributed by atoms with van der Waals surface area (Å²) in [5.41, 5.74) is 0.937. The van der Waals surface area contributed by atoms with E-state index in [1.54, 1.807) is 19.2 Å². The third-order valence-corrected chi connectivity index (χ3v) is 3.02. The number of nitro benzene ring substituents is 1. The number of hydrogen-bond acceptors (Lipinski definition) is 4. The maximum atomic E-state index is 10.7. The van der Waals surface area contributed by atoms with E-state index in [9.17, 15) is 10.1 Å². The third kappa shape index (κ3) is 9.34. The van der Waals surface area contributed by atoms with E-state index in [1.165, 1.54) is 6.07 Å². The minimum atomic E-state index is -0.394. The summed E-state index contributed by atoms with van der Waals surface area (Å²) in [4.78, 5) is 14.5. The quantitative estimate of drug-likeness (QED) is 0.155. The molecule has 0 aliphatic carbocycles. The second-order valence-electron chi connectivity index (χ2n) is 4.68. The van der Waals surface area contributed by atoms with Gasteiger partial charge in [0.05, 0.1) is 4.92 Å². The van der Waals surface area contributed by atoms with E-state index in [1.807, 2.05) is 13.0 Å². The van der Waals surface area contributed by atoms with Crippen LogP contribution in [0.5, 0.6) is 0 Å². The van der Waals surface area contributed by atoms with Crippen molar-refractivity contribution in [2.75, 3.05) is 26.8 Å². The van der Waals surface area contributed by atoms with Crippen molar-refractivity contribution in [3.05, 3.63) is 39.9 Å². The van der Waals surface area contributed by atoms with Crippen LogP contribution in [0.15, 0.2) is 29.3 Å². The molecule has 7 nitrogen and oxygen atoms in total. The van der Waals surface area contributed by atoms with Crippen molar-refractivity contribution in [1.29, 1.82) is 0 Å². The van der Waals surface area contributed by atoms with Gasteiger partial charge in [0.1, 0.15) is 0 Å². The summed E-state index contributed by atoms with van der Waals surface area (Å²) in [6, 6.07) is 6.56. The van der Waals surface area contributed by atoms with Gasteiger partial charge in [-0.05, 0) is 25.3 Å². The summed E-state index contributed by atoms with van der Waals surface area (Å²) in [7, 11) is 1.70. The Morgan fingerprint density at radius 3 is 2.78 bits per heavy atom. The molecule has 130 valence electrons. The van der Waals surface area contributed by atoms with Crippen molar-refractivity contribution < 1.29 is 9.66 Å². The number of guanidine groups is 1. The van der Waals surface area contributed by atoms with Crippen LogP contribution in [0.25, 0.3) is 0 Å². The van der Waals surface area contributed by atoms with Crippen molar-refractivity contribution in [3.8, 4) is 0 Å². The number of unbranched alkanes of at least 4 members (excludes halogenated alkanes) is 1. The lowest BCUT2D eigenvalue weighted by molar-refractivity contribution is -0.384. The molecule has 0 spiro atoms. The topological polar surface area (TPSA) is 88.8 Å². The smallest absolute Gasteiger partial charge is 0.269 e. The standard InChI is InChI=1S/C15H24N4O3.HI/c1-3-22-10-5-4-9-17-15(16-2)18-12-13-7-6-8-14(11-13)19(20)21;/h6-8,11H,3-5,9-10,12H2,1-2H3,(H2,16,17,18);1H. The van der Waals surface area contributed by atoms with Crippen LogP contribution in [0.2, 0.25) is 0 Å². The van der Waals surface area contributed by atoms with E-state index >= 15 is 0 Å². The Kier molecular flexibility index (Phi) is 12.3. The lowest BCUT2D eigenvalue weighted by atomic mass is 10.2. The summed E-state index contributed by atoms with van der Waals surface area (Å²) in [6.45, 7) is 4.80. The number of hydrogen-bond donors (Lipinski definition) is 2. The number of ether oxygens (including phenoxy) is 1. The number of non-ortho nitro benzene ring substituents is 1. The van der Waals surface area contributed by atoms with Crippen LogP contribution in [0.4, 0.5) is 5.69 Å². The largest absolute Gasteiger partial charge is 0.382 e. The van der Waals surface area contributed by atoms with E-state index in [-0.39, 0.29) is 29.7 Å². The van der Waals surface area contributed by atoms with E-state index in [0.29, 0.717) is 12.5 Å². The Morgan fingerprint density at radius 2 is 2.13 bits per heavy atom. The number of rotatable bonds is 9. The predicted octanol–water partition coefficient (Wildman–Crippen LogP) is 2.69. The molecule has 0 saturated carbocycles. The van der Waals surface area contributed by atoms with Crippen molar-refractivity contribution in [2.45, 2.75) is 26.3 Å². The molecule has 0 aliphatic heterocycles. The Labute approximate surface area is 154 Å². The first-order valence-electron chi connectivity index (χ1n) is 7.43. The number of aliphatic imine (C=N–C) groups is 1. The molecular formula is C15H25IN4O3. The average molecular weight is 436 g/mol. The normalized spacial score (nSPS) is 10.8. The molecule has 0 unspecified atom stereocenters. The Bertz CT molecular complexity index is 497. The van der Waals surface area contributed by atoms with E-state index < -0.39 is 4.92 Å². The molecule has 1 rings (SSSR count). The summed E-state index contributed by atoms with van der Waals surface area (Å²) in [5, 5.41) is 17.1. The molecule has 0 saturated heterocycles. The van der Waals surface area contributed by atoms with E-state index in [2.05, 4.69) is 15.6 Å². The Morgan fingerprint density at radius 1 is 1.35 bits per heavy atom. The van der Waals surface area contributed by atoms with Crippen molar-refractivity contribution in [2.24, 2.45) is 4.99 Å². The van der Waals surface area contributed by atoms with Gasteiger partial charge in [0.15, 0.2) is 5.96 Å².